The maximum atomic E-state index is 12.3. The second-order valence-corrected chi connectivity index (χ2v) is 5.24. The zero-order valence-corrected chi connectivity index (χ0v) is 12.1. The summed E-state index contributed by atoms with van der Waals surface area (Å²) in [4.78, 5) is 27.6. The Kier molecular flexibility index (Phi) is 2.86. The number of benzene rings is 1. The number of aromatic carboxylic acids is 1. The lowest BCUT2D eigenvalue weighted by atomic mass is 10.0. The van der Waals surface area contributed by atoms with Crippen LogP contribution in [0.1, 0.15) is 21.5 Å². The summed E-state index contributed by atoms with van der Waals surface area (Å²) in [5.74, 6) is -1.05. The van der Waals surface area contributed by atoms with Gasteiger partial charge in [0.15, 0.2) is 0 Å². The van der Waals surface area contributed by atoms with Crippen molar-refractivity contribution in [2.75, 3.05) is 10.6 Å². The number of carbonyl (C=O) groups is 2. The molecule has 8 heteroatoms. The number of hydrogen-bond acceptors (Lipinski definition) is 6. The number of carbonyl (C=O) groups excluding carboxylic acids is 1. The number of anilines is 2. The number of amides is 1. The molecule has 0 unspecified atom stereocenters. The highest BCUT2D eigenvalue weighted by atomic mass is 16.4. The Balaban J connectivity index is 1.93. The standard InChI is InChI=1S/C16H10N4O4/c21-15-11(8-2-1-5-17-14(8)19-15)13-12(20-24)9-6-7(16(22)23)3-4-10(9)18-13/h1-6,18,24H,(H,22,23)(H,17,19,21)/b13-11-,20-12-. The molecule has 0 saturated carbocycles. The molecule has 8 nitrogen and oxygen atoms in total. The fourth-order valence-corrected chi connectivity index (χ4v) is 2.84. The number of allylic oxidation sites excluding steroid dienone is 1. The lowest BCUT2D eigenvalue weighted by Gasteiger charge is -2.04. The first-order chi connectivity index (χ1) is 11.6. The molecule has 0 saturated heterocycles. The maximum Gasteiger partial charge on any atom is 0.335 e. The lowest BCUT2D eigenvalue weighted by Crippen LogP contribution is -2.12. The number of nitrogens with one attached hydrogen (secondary N) is 2. The van der Waals surface area contributed by atoms with E-state index in [2.05, 4.69) is 20.8 Å². The fraction of sp³-hybridized carbons (Fsp3) is 0. The van der Waals surface area contributed by atoms with Crippen LogP contribution in [0, 0.1) is 0 Å². The van der Waals surface area contributed by atoms with Gasteiger partial charge < -0.3 is 20.9 Å². The summed E-state index contributed by atoms with van der Waals surface area (Å²) >= 11 is 0. The average Bonchev–Trinajstić information content (AvgIpc) is 3.09. The zero-order chi connectivity index (χ0) is 16.8. The third kappa shape index (κ3) is 1.86. The van der Waals surface area contributed by atoms with E-state index < -0.39 is 5.97 Å². The second-order valence-electron chi connectivity index (χ2n) is 5.24. The van der Waals surface area contributed by atoms with Gasteiger partial charge in [0, 0.05) is 23.0 Å². The molecule has 2 aliphatic rings. The normalized spacial score (nSPS) is 19.7. The van der Waals surface area contributed by atoms with Crippen molar-refractivity contribution in [3.63, 3.8) is 0 Å². The van der Waals surface area contributed by atoms with Gasteiger partial charge in [-0.3, -0.25) is 4.79 Å². The molecular formula is C16H10N4O4. The molecule has 3 heterocycles. The molecular weight excluding hydrogens is 312 g/mol. The number of rotatable bonds is 1. The molecule has 1 aromatic carbocycles. The highest BCUT2D eigenvalue weighted by Crippen LogP contribution is 2.38. The SMILES string of the molecule is O=C1Nc2ncccc2/C1=C1/Nc2ccc(C(=O)O)cc2/C1=N/O. The molecule has 1 aromatic heterocycles. The maximum absolute atomic E-state index is 12.3. The van der Waals surface area contributed by atoms with Crippen LogP contribution in [0.15, 0.2) is 47.4 Å². The van der Waals surface area contributed by atoms with E-state index >= 15 is 0 Å². The number of carboxylic acid groups (broad SMARTS) is 1. The molecule has 0 aliphatic carbocycles. The Hall–Kier alpha value is -3.68. The summed E-state index contributed by atoms with van der Waals surface area (Å²) in [7, 11) is 0. The van der Waals surface area contributed by atoms with E-state index in [0.29, 0.717) is 33.9 Å². The number of nitrogens with zero attached hydrogens (tertiary/aromatic N) is 2. The van der Waals surface area contributed by atoms with E-state index in [1.807, 2.05) is 0 Å². The molecule has 4 N–H and O–H groups in total. The average molecular weight is 322 g/mol. The van der Waals surface area contributed by atoms with Gasteiger partial charge in [0.2, 0.25) is 0 Å². The van der Waals surface area contributed by atoms with Crippen molar-refractivity contribution in [2.45, 2.75) is 0 Å². The number of aromatic nitrogens is 1. The van der Waals surface area contributed by atoms with Crippen LogP contribution in [0.3, 0.4) is 0 Å². The van der Waals surface area contributed by atoms with E-state index in [-0.39, 0.29) is 17.2 Å². The van der Waals surface area contributed by atoms with E-state index in [4.69, 9.17) is 5.11 Å². The van der Waals surface area contributed by atoms with Crippen LogP contribution < -0.4 is 10.6 Å². The van der Waals surface area contributed by atoms with Gasteiger partial charge in [0.25, 0.3) is 5.91 Å². The molecule has 2 aliphatic heterocycles. The molecule has 4 rings (SSSR count). The number of oxime groups is 1. The number of hydrogen-bond donors (Lipinski definition) is 4. The van der Waals surface area contributed by atoms with Crippen molar-refractivity contribution in [1.82, 2.24) is 4.98 Å². The van der Waals surface area contributed by atoms with E-state index in [1.54, 1.807) is 24.4 Å². The summed E-state index contributed by atoms with van der Waals surface area (Å²) in [6, 6.07) is 7.81. The smallest absolute Gasteiger partial charge is 0.335 e. The van der Waals surface area contributed by atoms with Crippen LogP contribution in [-0.4, -0.2) is 32.9 Å². The highest BCUT2D eigenvalue weighted by molar-refractivity contribution is 6.39. The van der Waals surface area contributed by atoms with Crippen LogP contribution in [0.4, 0.5) is 11.5 Å². The summed E-state index contributed by atoms with van der Waals surface area (Å²) in [6.07, 6.45) is 1.56. The molecule has 0 atom stereocenters. The fourth-order valence-electron chi connectivity index (χ4n) is 2.84. The van der Waals surface area contributed by atoms with Crippen LogP contribution in [0.5, 0.6) is 0 Å². The minimum absolute atomic E-state index is 0.0564. The molecule has 118 valence electrons. The van der Waals surface area contributed by atoms with Crippen molar-refractivity contribution in [3.8, 4) is 0 Å². The van der Waals surface area contributed by atoms with Crippen molar-refractivity contribution in [1.29, 1.82) is 0 Å². The first-order valence-corrected chi connectivity index (χ1v) is 6.98. The third-order valence-electron chi connectivity index (χ3n) is 3.90. The zero-order valence-electron chi connectivity index (χ0n) is 12.1. The molecule has 0 spiro atoms. The highest BCUT2D eigenvalue weighted by Gasteiger charge is 2.35. The van der Waals surface area contributed by atoms with Gasteiger partial charge in [-0.1, -0.05) is 5.16 Å². The first kappa shape index (κ1) is 13.9. The van der Waals surface area contributed by atoms with Gasteiger partial charge >= 0.3 is 5.97 Å². The summed E-state index contributed by atoms with van der Waals surface area (Å²) in [5, 5.41) is 27.5. The molecule has 1 amide bonds. The lowest BCUT2D eigenvalue weighted by molar-refractivity contribution is -0.110. The summed E-state index contributed by atoms with van der Waals surface area (Å²) in [5.41, 5.74) is 2.30. The Morgan fingerprint density at radius 1 is 1.17 bits per heavy atom. The number of fused-ring (bicyclic) bond motifs is 2. The molecule has 0 radical (unpaired) electrons. The Morgan fingerprint density at radius 3 is 2.75 bits per heavy atom. The molecule has 24 heavy (non-hydrogen) atoms. The van der Waals surface area contributed by atoms with Gasteiger partial charge in [0.05, 0.1) is 16.8 Å². The Labute approximate surface area is 135 Å². The van der Waals surface area contributed by atoms with Crippen molar-refractivity contribution in [2.24, 2.45) is 5.16 Å². The minimum atomic E-state index is -1.09. The van der Waals surface area contributed by atoms with Gasteiger partial charge in [0.1, 0.15) is 11.5 Å². The Bertz CT molecular complexity index is 978. The topological polar surface area (TPSA) is 124 Å². The van der Waals surface area contributed by atoms with Gasteiger partial charge in [-0.05, 0) is 30.3 Å². The van der Waals surface area contributed by atoms with Crippen LogP contribution in [0.25, 0.3) is 5.57 Å². The number of pyridine rings is 1. The predicted molar refractivity (Wildman–Crippen MR) is 85.1 cm³/mol. The van der Waals surface area contributed by atoms with E-state index in [9.17, 15) is 14.8 Å². The van der Waals surface area contributed by atoms with Crippen LogP contribution in [0.2, 0.25) is 0 Å². The van der Waals surface area contributed by atoms with Crippen LogP contribution >= 0.6 is 0 Å². The van der Waals surface area contributed by atoms with Gasteiger partial charge in [-0.15, -0.1) is 0 Å². The largest absolute Gasteiger partial charge is 0.478 e. The molecule has 0 fully saturated rings. The second kappa shape index (κ2) is 4.92. The van der Waals surface area contributed by atoms with Gasteiger partial charge in [-0.2, -0.15) is 0 Å². The first-order valence-electron chi connectivity index (χ1n) is 6.98. The van der Waals surface area contributed by atoms with Gasteiger partial charge in [-0.25, -0.2) is 9.78 Å². The third-order valence-corrected chi connectivity index (χ3v) is 3.90. The summed E-state index contributed by atoms with van der Waals surface area (Å²) < 4.78 is 0. The monoisotopic (exact) mass is 322 g/mol. The van der Waals surface area contributed by atoms with E-state index in [1.165, 1.54) is 12.1 Å². The summed E-state index contributed by atoms with van der Waals surface area (Å²) in [6.45, 7) is 0. The Morgan fingerprint density at radius 2 is 2.00 bits per heavy atom. The molecule has 0 bridgehead atoms. The van der Waals surface area contributed by atoms with Crippen molar-refractivity contribution in [3.05, 3.63) is 58.9 Å². The molecule has 2 aromatic rings. The predicted octanol–water partition coefficient (Wildman–Crippen LogP) is 1.75. The minimum Gasteiger partial charge on any atom is -0.478 e. The number of carboxylic acids is 1. The van der Waals surface area contributed by atoms with Crippen molar-refractivity contribution >= 4 is 34.7 Å². The van der Waals surface area contributed by atoms with E-state index in [0.717, 1.165) is 0 Å². The quantitative estimate of drug-likeness (QED) is 0.360. The van der Waals surface area contributed by atoms with Crippen molar-refractivity contribution < 1.29 is 19.9 Å². The van der Waals surface area contributed by atoms with Crippen LogP contribution in [-0.2, 0) is 4.79 Å².